The molecule has 90 valence electrons. The summed E-state index contributed by atoms with van der Waals surface area (Å²) in [4.78, 5) is 34.0. The van der Waals surface area contributed by atoms with E-state index < -0.39 is 5.69 Å². The lowest BCUT2D eigenvalue weighted by Crippen LogP contribution is -2.25. The molecule has 1 atom stereocenters. The first-order valence-electron chi connectivity index (χ1n) is 5.55. The first-order chi connectivity index (χ1) is 8.15. The molecular formula is C10H12N4O2S. The summed E-state index contributed by atoms with van der Waals surface area (Å²) in [5.41, 5.74) is -0.481. The third-order valence-corrected chi connectivity index (χ3v) is 4.17. The summed E-state index contributed by atoms with van der Waals surface area (Å²) in [6.45, 7) is 3.11. The van der Waals surface area contributed by atoms with Crippen LogP contribution in [0, 0.1) is 0 Å². The predicted molar refractivity (Wildman–Crippen MR) is 66.9 cm³/mol. The summed E-state index contributed by atoms with van der Waals surface area (Å²) in [7, 11) is 0. The molecule has 1 aliphatic rings. The molecule has 0 radical (unpaired) electrons. The quantitative estimate of drug-likeness (QED) is 0.781. The van der Waals surface area contributed by atoms with Crippen molar-refractivity contribution in [1.82, 2.24) is 15.0 Å². The number of aromatic nitrogens is 3. The maximum Gasteiger partial charge on any atom is 0.327 e. The zero-order valence-corrected chi connectivity index (χ0v) is 10.1. The molecule has 2 aromatic heterocycles. The second kappa shape index (κ2) is 3.69. The summed E-state index contributed by atoms with van der Waals surface area (Å²) in [6, 6.07) is 0.446. The van der Waals surface area contributed by atoms with Gasteiger partial charge in [-0.25, -0.2) is 9.78 Å². The average Bonchev–Trinajstić information content (AvgIpc) is 2.83. The minimum absolute atomic E-state index is 0.362. The van der Waals surface area contributed by atoms with E-state index in [1.807, 2.05) is 0 Å². The van der Waals surface area contributed by atoms with Gasteiger partial charge >= 0.3 is 5.69 Å². The maximum absolute atomic E-state index is 11.6. The summed E-state index contributed by atoms with van der Waals surface area (Å²) in [5, 5.41) is 0.817. The smallest absolute Gasteiger partial charge is 0.327 e. The Morgan fingerprint density at radius 1 is 1.41 bits per heavy atom. The highest BCUT2D eigenvalue weighted by Gasteiger charge is 2.24. The lowest BCUT2D eigenvalue weighted by molar-refractivity contribution is 0.733. The molecule has 6 nitrogen and oxygen atoms in total. The third-order valence-electron chi connectivity index (χ3n) is 3.08. The van der Waals surface area contributed by atoms with Crippen molar-refractivity contribution in [2.45, 2.75) is 25.8 Å². The molecule has 1 aliphatic heterocycles. The van der Waals surface area contributed by atoms with Gasteiger partial charge < -0.3 is 4.90 Å². The molecule has 1 fully saturated rings. The minimum atomic E-state index is -0.506. The van der Waals surface area contributed by atoms with E-state index in [4.69, 9.17) is 0 Å². The molecule has 0 aromatic carbocycles. The van der Waals surface area contributed by atoms with Crippen molar-refractivity contribution in [3.05, 3.63) is 20.8 Å². The van der Waals surface area contributed by atoms with Crippen molar-refractivity contribution in [3.8, 4) is 0 Å². The van der Waals surface area contributed by atoms with Gasteiger partial charge in [-0.2, -0.15) is 0 Å². The fourth-order valence-corrected chi connectivity index (χ4v) is 3.23. The van der Waals surface area contributed by atoms with Crippen molar-refractivity contribution in [2.24, 2.45) is 0 Å². The van der Waals surface area contributed by atoms with Crippen molar-refractivity contribution in [3.63, 3.8) is 0 Å². The Balaban J connectivity index is 2.16. The largest absolute Gasteiger partial charge is 0.345 e. The van der Waals surface area contributed by atoms with Gasteiger partial charge in [-0.3, -0.25) is 14.8 Å². The van der Waals surface area contributed by atoms with Crippen LogP contribution < -0.4 is 16.1 Å². The Morgan fingerprint density at radius 2 is 2.24 bits per heavy atom. The van der Waals surface area contributed by atoms with Gasteiger partial charge in [-0.15, -0.1) is 0 Å². The predicted octanol–water partition coefficient (Wildman–Crippen LogP) is 0.662. The third kappa shape index (κ3) is 1.66. The molecule has 3 rings (SSSR count). The van der Waals surface area contributed by atoms with E-state index in [0.717, 1.165) is 24.5 Å². The van der Waals surface area contributed by atoms with Gasteiger partial charge in [0.2, 0.25) is 0 Å². The summed E-state index contributed by atoms with van der Waals surface area (Å²) >= 11 is 1.33. The van der Waals surface area contributed by atoms with E-state index in [1.165, 1.54) is 11.3 Å². The topological polar surface area (TPSA) is 81.8 Å². The number of hydrogen-bond donors (Lipinski definition) is 2. The SMILES string of the molecule is C[C@@H]1CCCN1c1nc2[nH]c(=O)[nH]c(=O)c2s1. The molecule has 17 heavy (non-hydrogen) atoms. The second-order valence-electron chi connectivity index (χ2n) is 4.27. The van der Waals surface area contributed by atoms with Gasteiger partial charge in [0, 0.05) is 12.6 Å². The van der Waals surface area contributed by atoms with Crippen molar-refractivity contribution in [2.75, 3.05) is 11.4 Å². The van der Waals surface area contributed by atoms with Crippen molar-refractivity contribution in [1.29, 1.82) is 0 Å². The van der Waals surface area contributed by atoms with Gasteiger partial charge in [-0.05, 0) is 19.8 Å². The number of hydrogen-bond acceptors (Lipinski definition) is 5. The zero-order valence-electron chi connectivity index (χ0n) is 9.32. The van der Waals surface area contributed by atoms with Gasteiger partial charge in [0.15, 0.2) is 10.8 Å². The van der Waals surface area contributed by atoms with Crippen LogP contribution in [-0.2, 0) is 0 Å². The highest BCUT2D eigenvalue weighted by atomic mass is 32.1. The average molecular weight is 252 g/mol. The number of nitrogens with one attached hydrogen (secondary N) is 2. The van der Waals surface area contributed by atoms with Gasteiger partial charge in [0.1, 0.15) is 4.70 Å². The molecule has 0 amide bonds. The van der Waals surface area contributed by atoms with E-state index >= 15 is 0 Å². The Labute approximate surface area is 100 Å². The van der Waals surface area contributed by atoms with Crippen LogP contribution in [0.1, 0.15) is 19.8 Å². The minimum Gasteiger partial charge on any atom is -0.345 e. The van der Waals surface area contributed by atoms with Crippen LogP contribution in [0.15, 0.2) is 9.59 Å². The number of H-pyrrole nitrogens is 2. The fraction of sp³-hybridized carbons (Fsp3) is 0.500. The zero-order chi connectivity index (χ0) is 12.0. The highest BCUT2D eigenvalue weighted by Crippen LogP contribution is 2.30. The van der Waals surface area contributed by atoms with Crippen molar-refractivity contribution < 1.29 is 0 Å². The molecule has 0 bridgehead atoms. The maximum atomic E-state index is 11.6. The Bertz CT molecular complexity index is 671. The molecule has 2 N–H and O–H groups in total. The van der Waals surface area contributed by atoms with Crippen LogP contribution in [-0.4, -0.2) is 27.5 Å². The highest BCUT2D eigenvalue weighted by molar-refractivity contribution is 7.22. The standard InChI is InChI=1S/C10H12N4O2S/c1-5-3-2-4-14(5)10-12-7-6(17-10)8(15)13-9(16)11-7/h5H,2-4H2,1H3,(H2,11,13,15,16)/t5-/m1/s1. The number of aromatic amines is 2. The normalized spacial score (nSPS) is 20.3. The number of anilines is 1. The van der Waals surface area contributed by atoms with Gasteiger partial charge in [0.05, 0.1) is 0 Å². The molecule has 0 spiro atoms. The van der Waals surface area contributed by atoms with Crippen LogP contribution in [0.5, 0.6) is 0 Å². The monoisotopic (exact) mass is 252 g/mol. The molecule has 1 saturated heterocycles. The van der Waals surface area contributed by atoms with Gasteiger partial charge in [-0.1, -0.05) is 11.3 Å². The Morgan fingerprint density at radius 3 is 2.94 bits per heavy atom. The summed E-state index contributed by atoms with van der Waals surface area (Å²) < 4.78 is 0.485. The van der Waals surface area contributed by atoms with Crippen molar-refractivity contribution >= 4 is 26.8 Å². The van der Waals surface area contributed by atoms with E-state index in [2.05, 4.69) is 26.8 Å². The molecular weight excluding hydrogens is 240 g/mol. The van der Waals surface area contributed by atoms with Crippen LogP contribution >= 0.6 is 11.3 Å². The first-order valence-corrected chi connectivity index (χ1v) is 6.36. The number of fused-ring (bicyclic) bond motifs is 1. The lowest BCUT2D eigenvalue weighted by atomic mass is 10.2. The Hall–Kier alpha value is -1.63. The molecule has 2 aromatic rings. The van der Waals surface area contributed by atoms with Gasteiger partial charge in [0.25, 0.3) is 5.56 Å². The number of rotatable bonds is 1. The summed E-state index contributed by atoms with van der Waals surface area (Å²) in [6.07, 6.45) is 2.28. The summed E-state index contributed by atoms with van der Waals surface area (Å²) in [5.74, 6) is 0. The van der Waals surface area contributed by atoms with Crippen LogP contribution in [0.2, 0.25) is 0 Å². The number of thiazole rings is 1. The van der Waals surface area contributed by atoms with E-state index in [0.29, 0.717) is 16.4 Å². The molecule has 7 heteroatoms. The fourth-order valence-electron chi connectivity index (χ4n) is 2.19. The van der Waals surface area contributed by atoms with E-state index in [9.17, 15) is 9.59 Å². The molecule has 0 aliphatic carbocycles. The molecule has 3 heterocycles. The second-order valence-corrected chi connectivity index (χ2v) is 5.24. The van der Waals surface area contributed by atoms with Crippen LogP contribution in [0.4, 0.5) is 5.13 Å². The van der Waals surface area contributed by atoms with E-state index in [-0.39, 0.29) is 5.56 Å². The molecule has 0 saturated carbocycles. The van der Waals surface area contributed by atoms with Crippen LogP contribution in [0.3, 0.4) is 0 Å². The van der Waals surface area contributed by atoms with E-state index in [1.54, 1.807) is 0 Å². The Kier molecular flexibility index (Phi) is 2.29. The first kappa shape index (κ1) is 10.5. The molecule has 0 unspecified atom stereocenters. The lowest BCUT2D eigenvalue weighted by Gasteiger charge is -2.19. The van der Waals surface area contributed by atoms with Crippen LogP contribution in [0.25, 0.3) is 10.3 Å². The number of nitrogens with zero attached hydrogens (tertiary/aromatic N) is 2.